The lowest BCUT2D eigenvalue weighted by Crippen LogP contribution is -1.97. The summed E-state index contributed by atoms with van der Waals surface area (Å²) >= 11 is 18.0. The molecule has 0 unspecified atom stereocenters. The Morgan fingerprint density at radius 3 is 2.35 bits per heavy atom. The Morgan fingerprint density at radius 1 is 1.00 bits per heavy atom. The van der Waals surface area contributed by atoms with Crippen LogP contribution in [0.25, 0.3) is 0 Å². The van der Waals surface area contributed by atoms with Gasteiger partial charge in [0, 0.05) is 10.0 Å². The van der Waals surface area contributed by atoms with Crippen LogP contribution in [-0.4, -0.2) is 5.78 Å². The monoisotopic (exact) mass is 328 g/mol. The maximum absolute atomic E-state index is 11.6. The van der Waals surface area contributed by atoms with Crippen molar-refractivity contribution in [2.75, 3.05) is 0 Å². The third-order valence-electron chi connectivity index (χ3n) is 2.75. The van der Waals surface area contributed by atoms with E-state index < -0.39 is 0 Å². The molecule has 2 rings (SSSR count). The Hall–Kier alpha value is -1.22. The van der Waals surface area contributed by atoms with E-state index in [1.54, 1.807) is 30.3 Å². The molecule has 0 saturated heterocycles. The van der Waals surface area contributed by atoms with Crippen molar-refractivity contribution in [3.05, 3.63) is 56.5 Å². The highest BCUT2D eigenvalue weighted by Gasteiger charge is 2.13. The van der Waals surface area contributed by atoms with Gasteiger partial charge in [-0.2, -0.15) is 0 Å². The summed E-state index contributed by atoms with van der Waals surface area (Å²) in [7, 11) is 0. The van der Waals surface area contributed by atoms with Gasteiger partial charge in [0.15, 0.2) is 5.78 Å². The average molecular weight is 330 g/mol. The number of Topliss-reactive ketones (excluding diaryl/α,β-unsaturated/α-hetero) is 1. The molecule has 0 N–H and O–H groups in total. The van der Waals surface area contributed by atoms with Crippen LogP contribution in [-0.2, 0) is 0 Å². The van der Waals surface area contributed by atoms with Gasteiger partial charge in [0.25, 0.3) is 0 Å². The van der Waals surface area contributed by atoms with E-state index >= 15 is 0 Å². The Labute approximate surface area is 132 Å². The van der Waals surface area contributed by atoms with Crippen LogP contribution in [0.2, 0.25) is 15.1 Å². The molecular weight excluding hydrogens is 319 g/mol. The van der Waals surface area contributed by atoms with E-state index in [1.807, 2.05) is 6.92 Å². The van der Waals surface area contributed by atoms with Crippen molar-refractivity contribution in [1.29, 1.82) is 0 Å². The molecule has 5 heteroatoms. The smallest absolute Gasteiger partial charge is 0.163 e. The first kappa shape index (κ1) is 15.2. The second-order valence-corrected chi connectivity index (χ2v) is 5.58. The number of benzene rings is 2. The van der Waals surface area contributed by atoms with Crippen LogP contribution < -0.4 is 4.74 Å². The SMILES string of the molecule is CC(=O)c1cc(Cl)ccc1Oc1cc(C)c(Cl)cc1Cl. The quantitative estimate of drug-likeness (QED) is 0.650. The number of ether oxygens (including phenoxy) is 1. The van der Waals surface area contributed by atoms with E-state index in [9.17, 15) is 4.79 Å². The molecule has 2 aromatic carbocycles. The van der Waals surface area contributed by atoms with E-state index in [2.05, 4.69) is 0 Å². The minimum atomic E-state index is -0.135. The molecule has 0 aliphatic carbocycles. The summed E-state index contributed by atoms with van der Waals surface area (Å²) in [5, 5.41) is 1.41. The molecule has 0 spiro atoms. The van der Waals surface area contributed by atoms with Gasteiger partial charge in [0.05, 0.1) is 10.6 Å². The Kier molecular flexibility index (Phi) is 4.59. The second-order valence-electron chi connectivity index (χ2n) is 4.33. The van der Waals surface area contributed by atoms with Gasteiger partial charge in [-0.05, 0) is 49.7 Å². The van der Waals surface area contributed by atoms with Crippen molar-refractivity contribution in [2.45, 2.75) is 13.8 Å². The van der Waals surface area contributed by atoms with Crippen molar-refractivity contribution in [3.8, 4) is 11.5 Å². The zero-order valence-electron chi connectivity index (χ0n) is 10.8. The van der Waals surface area contributed by atoms with E-state index in [4.69, 9.17) is 39.5 Å². The minimum absolute atomic E-state index is 0.135. The first-order valence-corrected chi connectivity index (χ1v) is 6.96. The number of carbonyl (C=O) groups is 1. The van der Waals surface area contributed by atoms with Crippen LogP contribution >= 0.6 is 34.8 Å². The molecule has 0 aliphatic heterocycles. The number of ketones is 1. The standard InChI is InChI=1S/C15H11Cl3O2/c1-8-5-15(13(18)7-12(8)17)20-14-4-3-10(16)6-11(14)9(2)19/h3-7H,1-2H3. The molecular formula is C15H11Cl3O2. The van der Waals surface area contributed by atoms with Crippen molar-refractivity contribution in [1.82, 2.24) is 0 Å². The fourth-order valence-corrected chi connectivity index (χ4v) is 2.29. The fraction of sp³-hybridized carbons (Fsp3) is 0.133. The predicted molar refractivity (Wildman–Crippen MR) is 82.7 cm³/mol. The highest BCUT2D eigenvalue weighted by Crippen LogP contribution is 2.35. The molecule has 0 saturated carbocycles. The summed E-state index contributed by atoms with van der Waals surface area (Å²) in [6.07, 6.45) is 0. The topological polar surface area (TPSA) is 26.3 Å². The number of aryl methyl sites for hydroxylation is 1. The van der Waals surface area contributed by atoms with Crippen molar-refractivity contribution in [2.24, 2.45) is 0 Å². The third-order valence-corrected chi connectivity index (χ3v) is 3.69. The molecule has 0 bridgehead atoms. The zero-order chi connectivity index (χ0) is 14.9. The van der Waals surface area contributed by atoms with Crippen molar-refractivity contribution >= 4 is 40.6 Å². The summed E-state index contributed by atoms with van der Waals surface area (Å²) in [6, 6.07) is 8.19. The summed E-state index contributed by atoms with van der Waals surface area (Å²) in [5.74, 6) is 0.716. The number of rotatable bonds is 3. The first-order valence-electron chi connectivity index (χ1n) is 5.82. The number of halogens is 3. The lowest BCUT2D eigenvalue weighted by molar-refractivity contribution is 0.101. The summed E-state index contributed by atoms with van der Waals surface area (Å²) in [6.45, 7) is 3.30. The van der Waals surface area contributed by atoms with Crippen LogP contribution in [0.15, 0.2) is 30.3 Å². The first-order chi connectivity index (χ1) is 9.38. The summed E-state index contributed by atoms with van der Waals surface area (Å²) in [5.41, 5.74) is 1.24. The van der Waals surface area contributed by atoms with Gasteiger partial charge in [0.2, 0.25) is 0 Å². The molecule has 0 fully saturated rings. The van der Waals surface area contributed by atoms with Crippen LogP contribution in [0, 0.1) is 6.92 Å². The molecule has 0 heterocycles. The van der Waals surface area contributed by atoms with Gasteiger partial charge >= 0.3 is 0 Å². The van der Waals surface area contributed by atoms with Gasteiger partial charge in [0.1, 0.15) is 11.5 Å². The molecule has 2 nitrogen and oxygen atoms in total. The van der Waals surface area contributed by atoms with E-state index in [0.29, 0.717) is 32.1 Å². The third kappa shape index (κ3) is 3.26. The van der Waals surface area contributed by atoms with E-state index in [0.717, 1.165) is 5.56 Å². The van der Waals surface area contributed by atoms with Crippen LogP contribution in [0.5, 0.6) is 11.5 Å². The highest BCUT2D eigenvalue weighted by atomic mass is 35.5. The number of hydrogen-bond acceptors (Lipinski definition) is 2. The fourth-order valence-electron chi connectivity index (χ4n) is 1.69. The second kappa shape index (κ2) is 6.04. The molecule has 20 heavy (non-hydrogen) atoms. The molecule has 0 amide bonds. The largest absolute Gasteiger partial charge is 0.455 e. The van der Waals surface area contributed by atoms with Gasteiger partial charge in [-0.1, -0.05) is 34.8 Å². The van der Waals surface area contributed by atoms with Gasteiger partial charge in [-0.25, -0.2) is 0 Å². The highest BCUT2D eigenvalue weighted by molar-refractivity contribution is 6.36. The lowest BCUT2D eigenvalue weighted by Gasteiger charge is -2.12. The van der Waals surface area contributed by atoms with Crippen LogP contribution in [0.1, 0.15) is 22.8 Å². The average Bonchev–Trinajstić information content (AvgIpc) is 2.37. The molecule has 0 radical (unpaired) electrons. The van der Waals surface area contributed by atoms with Crippen molar-refractivity contribution in [3.63, 3.8) is 0 Å². The van der Waals surface area contributed by atoms with Crippen LogP contribution in [0.3, 0.4) is 0 Å². The van der Waals surface area contributed by atoms with Crippen LogP contribution in [0.4, 0.5) is 0 Å². The van der Waals surface area contributed by atoms with E-state index in [-0.39, 0.29) is 5.78 Å². The Morgan fingerprint density at radius 2 is 1.70 bits per heavy atom. The molecule has 2 aromatic rings. The molecule has 0 atom stereocenters. The Bertz CT molecular complexity index is 681. The molecule has 104 valence electrons. The maximum Gasteiger partial charge on any atom is 0.163 e. The predicted octanol–water partition coefficient (Wildman–Crippen LogP) is 5.95. The molecule has 0 aromatic heterocycles. The number of carbonyl (C=O) groups excluding carboxylic acids is 1. The normalized spacial score (nSPS) is 10.4. The number of hydrogen-bond donors (Lipinski definition) is 0. The molecule has 0 aliphatic rings. The maximum atomic E-state index is 11.6. The van der Waals surface area contributed by atoms with Gasteiger partial charge < -0.3 is 4.74 Å². The van der Waals surface area contributed by atoms with Gasteiger partial charge in [-0.15, -0.1) is 0 Å². The van der Waals surface area contributed by atoms with Gasteiger partial charge in [-0.3, -0.25) is 4.79 Å². The minimum Gasteiger partial charge on any atom is -0.455 e. The Balaban J connectivity index is 2.45. The summed E-state index contributed by atoms with van der Waals surface area (Å²) in [4.78, 5) is 11.6. The summed E-state index contributed by atoms with van der Waals surface area (Å²) < 4.78 is 5.72. The van der Waals surface area contributed by atoms with Crippen molar-refractivity contribution < 1.29 is 9.53 Å². The zero-order valence-corrected chi connectivity index (χ0v) is 13.1. The van der Waals surface area contributed by atoms with E-state index in [1.165, 1.54) is 6.92 Å². The lowest BCUT2D eigenvalue weighted by atomic mass is 10.1.